The summed E-state index contributed by atoms with van der Waals surface area (Å²) >= 11 is 0. The fraction of sp³-hybridized carbons (Fsp3) is 1.00. The van der Waals surface area contributed by atoms with Crippen molar-refractivity contribution in [2.75, 3.05) is 0 Å². The van der Waals surface area contributed by atoms with Crippen LogP contribution in [0, 0.1) is 5.92 Å². The third-order valence-electron chi connectivity index (χ3n) is 11.4. The molecule has 0 rings (SSSR count). The van der Waals surface area contributed by atoms with E-state index < -0.39 is 0 Å². The van der Waals surface area contributed by atoms with Crippen LogP contribution in [0.3, 0.4) is 0 Å². The van der Waals surface area contributed by atoms with Crippen molar-refractivity contribution in [1.29, 1.82) is 0 Å². The molecule has 0 N–H and O–H groups in total. The summed E-state index contributed by atoms with van der Waals surface area (Å²) in [5.41, 5.74) is 0. The number of hydrogen-bond donors (Lipinski definition) is 0. The van der Waals surface area contributed by atoms with Crippen LogP contribution in [0.25, 0.3) is 0 Å². The Bertz CT molecular complexity index is 508. The number of unbranched alkanes of at least 4 members (excludes halogenated alkanes) is 37. The minimum Gasteiger partial charge on any atom is -0.0654 e. The molecular formula is C47H96. The van der Waals surface area contributed by atoms with Crippen molar-refractivity contribution in [2.24, 2.45) is 5.92 Å². The molecule has 0 fully saturated rings. The van der Waals surface area contributed by atoms with E-state index >= 15 is 0 Å². The van der Waals surface area contributed by atoms with Crippen molar-refractivity contribution in [3.63, 3.8) is 0 Å². The fourth-order valence-corrected chi connectivity index (χ4v) is 7.95. The topological polar surface area (TPSA) is 0 Å². The van der Waals surface area contributed by atoms with Crippen LogP contribution in [0.1, 0.15) is 297 Å². The molecule has 0 radical (unpaired) electrons. The zero-order chi connectivity index (χ0) is 34.0. The van der Waals surface area contributed by atoms with Gasteiger partial charge in [0.2, 0.25) is 0 Å². The zero-order valence-corrected chi connectivity index (χ0v) is 34.0. The maximum atomic E-state index is 2.38. The standard InChI is InChI=1S/C47H96/c1-4-7-10-12-14-16-18-20-22-24-25-26-27-29-31-33-35-37-39-41-43-46-47(44-9-6-3)45-42-40-38-36-34-32-30-28-23-21-19-17-15-13-11-8-5-2/h47H,4-46H2,1-3H3. The summed E-state index contributed by atoms with van der Waals surface area (Å²) in [5, 5.41) is 0. The Morgan fingerprint density at radius 1 is 0.170 bits per heavy atom. The van der Waals surface area contributed by atoms with E-state index in [-0.39, 0.29) is 0 Å². The van der Waals surface area contributed by atoms with Gasteiger partial charge in [0.05, 0.1) is 0 Å². The molecule has 0 aromatic rings. The first-order chi connectivity index (χ1) is 23.3. The van der Waals surface area contributed by atoms with E-state index in [1.165, 1.54) is 276 Å². The average molecular weight is 661 g/mol. The van der Waals surface area contributed by atoms with Crippen LogP contribution in [0.2, 0.25) is 0 Å². The molecule has 1 atom stereocenters. The van der Waals surface area contributed by atoms with Gasteiger partial charge < -0.3 is 0 Å². The first-order valence-corrected chi connectivity index (χ1v) is 23.3. The van der Waals surface area contributed by atoms with Gasteiger partial charge in [0.15, 0.2) is 0 Å². The van der Waals surface area contributed by atoms with Gasteiger partial charge in [0, 0.05) is 0 Å². The second-order valence-corrected chi connectivity index (χ2v) is 16.3. The SMILES string of the molecule is CCCCCCCCCCCCCCCCCCCCCCCC(CCCC)CCCCCCCCCCCCCCCCCCC. The predicted octanol–water partition coefficient (Wildman–Crippen LogP) is 18.4. The lowest BCUT2D eigenvalue weighted by molar-refractivity contribution is 0.370. The average Bonchev–Trinajstić information content (AvgIpc) is 3.08. The highest BCUT2D eigenvalue weighted by Gasteiger charge is 2.08. The molecule has 284 valence electrons. The van der Waals surface area contributed by atoms with Gasteiger partial charge in [-0.2, -0.15) is 0 Å². The Hall–Kier alpha value is 0. The molecular weight excluding hydrogens is 565 g/mol. The highest BCUT2D eigenvalue weighted by atomic mass is 14.1. The smallest absolute Gasteiger partial charge is 0.0414 e. The largest absolute Gasteiger partial charge is 0.0654 e. The van der Waals surface area contributed by atoms with Crippen molar-refractivity contribution in [1.82, 2.24) is 0 Å². The Morgan fingerprint density at radius 3 is 0.511 bits per heavy atom. The van der Waals surface area contributed by atoms with Crippen LogP contribution >= 0.6 is 0 Å². The molecule has 0 spiro atoms. The second kappa shape index (κ2) is 44.0. The molecule has 0 aliphatic heterocycles. The van der Waals surface area contributed by atoms with Gasteiger partial charge in [-0.05, 0) is 5.92 Å². The molecule has 0 saturated carbocycles. The quantitative estimate of drug-likeness (QED) is 0.0571. The van der Waals surface area contributed by atoms with Crippen molar-refractivity contribution in [2.45, 2.75) is 297 Å². The Balaban J connectivity index is 3.41. The van der Waals surface area contributed by atoms with Crippen LogP contribution < -0.4 is 0 Å². The summed E-state index contributed by atoms with van der Waals surface area (Å²) in [4.78, 5) is 0. The molecule has 0 amide bonds. The highest BCUT2D eigenvalue weighted by molar-refractivity contribution is 4.62. The summed E-state index contributed by atoms with van der Waals surface area (Å²) in [6.45, 7) is 7.01. The van der Waals surface area contributed by atoms with Crippen LogP contribution in [-0.4, -0.2) is 0 Å². The summed E-state index contributed by atoms with van der Waals surface area (Å²) in [6.07, 6.45) is 63.8. The summed E-state index contributed by atoms with van der Waals surface area (Å²) in [7, 11) is 0. The third-order valence-corrected chi connectivity index (χ3v) is 11.4. The van der Waals surface area contributed by atoms with Gasteiger partial charge >= 0.3 is 0 Å². The maximum absolute atomic E-state index is 2.38. The van der Waals surface area contributed by atoms with E-state index in [0.717, 1.165) is 5.92 Å². The molecule has 0 nitrogen and oxygen atoms in total. The van der Waals surface area contributed by atoms with Gasteiger partial charge in [-0.3, -0.25) is 0 Å². The lowest BCUT2D eigenvalue weighted by Gasteiger charge is -2.16. The molecule has 0 bridgehead atoms. The molecule has 0 aliphatic rings. The number of rotatable bonds is 43. The summed E-state index contributed by atoms with van der Waals surface area (Å²) in [6, 6.07) is 0. The van der Waals surface area contributed by atoms with Gasteiger partial charge in [0.1, 0.15) is 0 Å². The van der Waals surface area contributed by atoms with Crippen LogP contribution in [-0.2, 0) is 0 Å². The second-order valence-electron chi connectivity index (χ2n) is 16.3. The van der Waals surface area contributed by atoms with E-state index in [1.807, 2.05) is 0 Å². The molecule has 0 aliphatic carbocycles. The molecule has 1 unspecified atom stereocenters. The first-order valence-electron chi connectivity index (χ1n) is 23.3. The lowest BCUT2D eigenvalue weighted by Crippen LogP contribution is -2.01. The Kier molecular flexibility index (Phi) is 44.0. The monoisotopic (exact) mass is 661 g/mol. The van der Waals surface area contributed by atoms with Crippen LogP contribution in [0.5, 0.6) is 0 Å². The van der Waals surface area contributed by atoms with Crippen LogP contribution in [0.15, 0.2) is 0 Å². The minimum atomic E-state index is 1.03. The zero-order valence-electron chi connectivity index (χ0n) is 34.0. The van der Waals surface area contributed by atoms with Crippen molar-refractivity contribution >= 4 is 0 Å². The van der Waals surface area contributed by atoms with Gasteiger partial charge in [-0.15, -0.1) is 0 Å². The van der Waals surface area contributed by atoms with Gasteiger partial charge in [-0.25, -0.2) is 0 Å². The highest BCUT2D eigenvalue weighted by Crippen LogP contribution is 2.24. The predicted molar refractivity (Wildman–Crippen MR) is 219 cm³/mol. The molecule has 0 heteroatoms. The van der Waals surface area contributed by atoms with E-state index in [2.05, 4.69) is 20.8 Å². The molecule has 0 heterocycles. The maximum Gasteiger partial charge on any atom is -0.0414 e. The van der Waals surface area contributed by atoms with Gasteiger partial charge in [-0.1, -0.05) is 297 Å². The van der Waals surface area contributed by atoms with Gasteiger partial charge in [0.25, 0.3) is 0 Å². The molecule has 0 aromatic carbocycles. The van der Waals surface area contributed by atoms with E-state index in [9.17, 15) is 0 Å². The van der Waals surface area contributed by atoms with Crippen molar-refractivity contribution < 1.29 is 0 Å². The van der Waals surface area contributed by atoms with E-state index in [1.54, 1.807) is 0 Å². The Labute approximate surface area is 302 Å². The lowest BCUT2D eigenvalue weighted by atomic mass is 9.90. The first kappa shape index (κ1) is 47.0. The Morgan fingerprint density at radius 2 is 0.319 bits per heavy atom. The van der Waals surface area contributed by atoms with Crippen LogP contribution in [0.4, 0.5) is 0 Å². The van der Waals surface area contributed by atoms with Crippen molar-refractivity contribution in [3.05, 3.63) is 0 Å². The fourth-order valence-electron chi connectivity index (χ4n) is 7.95. The normalized spacial score (nSPS) is 12.3. The van der Waals surface area contributed by atoms with E-state index in [4.69, 9.17) is 0 Å². The summed E-state index contributed by atoms with van der Waals surface area (Å²) < 4.78 is 0. The van der Waals surface area contributed by atoms with Crippen molar-refractivity contribution in [3.8, 4) is 0 Å². The summed E-state index contributed by atoms with van der Waals surface area (Å²) in [5.74, 6) is 1.03. The minimum absolute atomic E-state index is 1.03. The van der Waals surface area contributed by atoms with E-state index in [0.29, 0.717) is 0 Å². The molecule has 0 saturated heterocycles. The number of hydrogen-bond acceptors (Lipinski definition) is 0. The molecule has 47 heavy (non-hydrogen) atoms. The molecule has 0 aromatic heterocycles. The third kappa shape index (κ3) is 42.1.